The van der Waals surface area contributed by atoms with E-state index in [4.69, 9.17) is 0 Å². The molecule has 9 heteroatoms. The molecule has 0 saturated heterocycles. The van der Waals surface area contributed by atoms with E-state index in [1.807, 2.05) is 12.2 Å². The Balaban J connectivity index is 1.97. The number of nitrogens with zero attached hydrogens (tertiary/aromatic N) is 2. The second kappa shape index (κ2) is 4.95. The average molecular weight is 294 g/mol. The van der Waals surface area contributed by atoms with Crippen molar-refractivity contribution < 1.29 is 18.0 Å². The Hall–Kier alpha value is -1.38. The van der Waals surface area contributed by atoms with Crippen LogP contribution in [0.3, 0.4) is 0 Å². The summed E-state index contributed by atoms with van der Waals surface area (Å²) in [5.74, 6) is 0. The van der Waals surface area contributed by atoms with Crippen LogP contribution < -0.4 is 10.6 Å². The van der Waals surface area contributed by atoms with Gasteiger partial charge in [0.1, 0.15) is 10.5 Å². The van der Waals surface area contributed by atoms with Gasteiger partial charge in [-0.1, -0.05) is 18.3 Å². The quantitative estimate of drug-likeness (QED) is 0.900. The number of carbonyl (C=O) groups is 1. The number of carbonyl (C=O) groups excluding carboxylic acids is 1. The van der Waals surface area contributed by atoms with E-state index in [2.05, 4.69) is 15.5 Å². The molecule has 1 saturated carbocycles. The van der Waals surface area contributed by atoms with Crippen LogP contribution in [0.2, 0.25) is 0 Å². The topological polar surface area (TPSA) is 66.9 Å². The zero-order valence-electron chi connectivity index (χ0n) is 10.2. The van der Waals surface area contributed by atoms with Crippen molar-refractivity contribution in [2.24, 2.45) is 0 Å². The summed E-state index contributed by atoms with van der Waals surface area (Å²) in [6, 6.07) is -0.893. The van der Waals surface area contributed by atoms with Gasteiger partial charge in [-0.05, 0) is 25.7 Å². The van der Waals surface area contributed by atoms with Gasteiger partial charge in [0.05, 0.1) is 0 Å². The summed E-state index contributed by atoms with van der Waals surface area (Å²) in [5.41, 5.74) is -2.09. The van der Waals surface area contributed by atoms with E-state index in [9.17, 15) is 18.0 Å². The predicted octanol–water partition coefficient (Wildman–Crippen LogP) is 2.71. The standard InChI is InChI=1S/C10H13F3N4OS/c1-2-6-16-17-8(19-6)14-7(18)15-9(4-3-5-9)10(11,12)13/h2-5H2,1H3,(H2,14,15,17,18). The van der Waals surface area contributed by atoms with Crippen LogP contribution in [0, 0.1) is 0 Å². The minimum Gasteiger partial charge on any atom is -0.323 e. The van der Waals surface area contributed by atoms with Crippen molar-refractivity contribution in [2.45, 2.75) is 44.3 Å². The number of nitrogens with one attached hydrogen (secondary N) is 2. The molecule has 0 aliphatic heterocycles. The highest BCUT2D eigenvalue weighted by Crippen LogP contribution is 2.45. The fourth-order valence-corrected chi connectivity index (χ4v) is 2.48. The van der Waals surface area contributed by atoms with E-state index in [0.717, 1.165) is 11.3 Å². The van der Waals surface area contributed by atoms with Gasteiger partial charge in [0.25, 0.3) is 0 Å². The van der Waals surface area contributed by atoms with Crippen molar-refractivity contribution in [3.05, 3.63) is 5.01 Å². The zero-order valence-corrected chi connectivity index (χ0v) is 11.0. The highest BCUT2D eigenvalue weighted by molar-refractivity contribution is 7.15. The molecule has 0 bridgehead atoms. The molecule has 5 nitrogen and oxygen atoms in total. The first-order valence-corrected chi connectivity index (χ1v) is 6.66. The molecule has 2 amide bonds. The van der Waals surface area contributed by atoms with Crippen LogP contribution in [0.1, 0.15) is 31.2 Å². The summed E-state index contributed by atoms with van der Waals surface area (Å²) in [4.78, 5) is 11.6. The van der Waals surface area contributed by atoms with Crippen LogP contribution in [-0.4, -0.2) is 27.9 Å². The Bertz CT molecular complexity index is 470. The number of hydrogen-bond donors (Lipinski definition) is 2. The summed E-state index contributed by atoms with van der Waals surface area (Å²) in [6.07, 6.45) is -3.48. The normalized spacial score (nSPS) is 17.7. The van der Waals surface area contributed by atoms with Crippen molar-refractivity contribution in [2.75, 3.05) is 5.32 Å². The molecule has 0 aromatic carbocycles. The number of amides is 2. The number of alkyl halides is 3. The van der Waals surface area contributed by atoms with Crippen LogP contribution in [0.4, 0.5) is 23.1 Å². The Kier molecular flexibility index (Phi) is 3.66. The van der Waals surface area contributed by atoms with Gasteiger partial charge >= 0.3 is 12.2 Å². The lowest BCUT2D eigenvalue weighted by Gasteiger charge is -2.43. The molecule has 0 radical (unpaired) electrons. The van der Waals surface area contributed by atoms with Crippen molar-refractivity contribution >= 4 is 22.5 Å². The second-order valence-electron chi connectivity index (χ2n) is 4.37. The van der Waals surface area contributed by atoms with Gasteiger partial charge in [-0.25, -0.2) is 4.79 Å². The molecule has 1 aromatic heterocycles. The fourth-order valence-electron chi connectivity index (χ4n) is 1.80. The monoisotopic (exact) mass is 294 g/mol. The average Bonchev–Trinajstić information content (AvgIpc) is 2.69. The summed E-state index contributed by atoms with van der Waals surface area (Å²) in [7, 11) is 0. The van der Waals surface area contributed by atoms with E-state index in [0.29, 0.717) is 17.8 Å². The number of rotatable bonds is 3. The van der Waals surface area contributed by atoms with E-state index in [1.165, 1.54) is 0 Å². The highest BCUT2D eigenvalue weighted by atomic mass is 32.1. The summed E-state index contributed by atoms with van der Waals surface area (Å²) in [6.45, 7) is 1.87. The molecule has 0 spiro atoms. The third-order valence-corrected chi connectivity index (χ3v) is 4.08. The minimum absolute atomic E-state index is 0.0831. The first-order valence-electron chi connectivity index (χ1n) is 5.84. The molecule has 1 fully saturated rings. The molecule has 1 aliphatic carbocycles. The minimum atomic E-state index is -4.43. The molecule has 106 valence electrons. The Morgan fingerprint density at radius 3 is 2.53 bits per heavy atom. The molecular weight excluding hydrogens is 281 g/mol. The number of aryl methyl sites for hydroxylation is 1. The van der Waals surface area contributed by atoms with Crippen molar-refractivity contribution in [3.8, 4) is 0 Å². The maximum atomic E-state index is 12.8. The van der Waals surface area contributed by atoms with E-state index < -0.39 is 17.7 Å². The smallest absolute Gasteiger partial charge is 0.323 e. The van der Waals surface area contributed by atoms with Gasteiger partial charge in [0.15, 0.2) is 0 Å². The lowest BCUT2D eigenvalue weighted by atomic mass is 9.76. The van der Waals surface area contributed by atoms with Crippen molar-refractivity contribution in [1.82, 2.24) is 15.5 Å². The first-order chi connectivity index (χ1) is 8.86. The molecule has 2 rings (SSSR count). The van der Waals surface area contributed by atoms with E-state index in [-0.39, 0.29) is 18.0 Å². The van der Waals surface area contributed by atoms with Crippen molar-refractivity contribution in [1.29, 1.82) is 0 Å². The van der Waals surface area contributed by atoms with Crippen LogP contribution in [-0.2, 0) is 6.42 Å². The largest absolute Gasteiger partial charge is 0.411 e. The molecule has 1 aromatic rings. The Morgan fingerprint density at radius 1 is 1.42 bits per heavy atom. The third kappa shape index (κ3) is 2.80. The van der Waals surface area contributed by atoms with Gasteiger partial charge in [0.2, 0.25) is 5.13 Å². The molecule has 19 heavy (non-hydrogen) atoms. The molecule has 0 atom stereocenters. The summed E-state index contributed by atoms with van der Waals surface area (Å²) < 4.78 is 38.5. The molecular formula is C10H13F3N4OS. The second-order valence-corrected chi connectivity index (χ2v) is 5.43. The number of hydrogen-bond acceptors (Lipinski definition) is 4. The Labute approximate surface area is 111 Å². The van der Waals surface area contributed by atoms with E-state index >= 15 is 0 Å². The number of halogens is 3. The van der Waals surface area contributed by atoms with E-state index in [1.54, 1.807) is 0 Å². The predicted molar refractivity (Wildman–Crippen MR) is 64.1 cm³/mol. The van der Waals surface area contributed by atoms with Crippen LogP contribution in [0.15, 0.2) is 0 Å². The van der Waals surface area contributed by atoms with Gasteiger partial charge in [-0.2, -0.15) is 13.2 Å². The van der Waals surface area contributed by atoms with Gasteiger partial charge in [-0.3, -0.25) is 5.32 Å². The Morgan fingerprint density at radius 2 is 2.11 bits per heavy atom. The molecule has 2 N–H and O–H groups in total. The SMILES string of the molecule is CCc1nnc(NC(=O)NC2(C(F)(F)F)CCC2)s1. The molecule has 1 aliphatic rings. The molecule has 1 heterocycles. The van der Waals surface area contributed by atoms with Crippen LogP contribution in [0.25, 0.3) is 0 Å². The fraction of sp³-hybridized carbons (Fsp3) is 0.700. The first kappa shape index (κ1) is 14.0. The highest BCUT2D eigenvalue weighted by Gasteiger charge is 2.59. The van der Waals surface area contributed by atoms with Crippen LogP contribution in [0.5, 0.6) is 0 Å². The lowest BCUT2D eigenvalue weighted by Crippen LogP contribution is -2.63. The zero-order chi connectivity index (χ0) is 14.1. The van der Waals surface area contributed by atoms with Gasteiger partial charge in [-0.15, -0.1) is 10.2 Å². The summed E-state index contributed by atoms with van der Waals surface area (Å²) in [5, 5.41) is 12.7. The maximum absolute atomic E-state index is 12.8. The van der Waals surface area contributed by atoms with Crippen LogP contribution >= 0.6 is 11.3 Å². The van der Waals surface area contributed by atoms with Gasteiger partial charge in [0, 0.05) is 0 Å². The summed E-state index contributed by atoms with van der Waals surface area (Å²) >= 11 is 1.14. The maximum Gasteiger partial charge on any atom is 0.411 e. The molecule has 0 unspecified atom stereocenters. The third-order valence-electron chi connectivity index (χ3n) is 3.09. The lowest BCUT2D eigenvalue weighted by molar-refractivity contribution is -0.214. The number of aromatic nitrogens is 2. The number of urea groups is 1. The van der Waals surface area contributed by atoms with Gasteiger partial charge < -0.3 is 5.32 Å². The number of anilines is 1. The van der Waals surface area contributed by atoms with Crippen molar-refractivity contribution in [3.63, 3.8) is 0 Å².